The van der Waals surface area contributed by atoms with Gasteiger partial charge in [-0.25, -0.2) is 8.42 Å². The molecule has 1 unspecified atom stereocenters. The average Bonchev–Trinajstić information content (AvgIpc) is 2.72. The maximum Gasteiger partial charge on any atom is 0.148 e. The first kappa shape index (κ1) is 16.0. The van der Waals surface area contributed by atoms with Gasteiger partial charge >= 0.3 is 0 Å². The molecule has 0 spiro atoms. The van der Waals surface area contributed by atoms with Crippen LogP contribution in [0.3, 0.4) is 0 Å². The van der Waals surface area contributed by atoms with Crippen LogP contribution in [0.5, 0.6) is 0 Å². The number of aryl methyl sites for hydroxylation is 1. The number of benzene rings is 1. The van der Waals surface area contributed by atoms with Crippen LogP contribution in [0, 0.1) is 0 Å². The fourth-order valence-corrected chi connectivity index (χ4v) is 3.54. The Morgan fingerprint density at radius 3 is 2.71 bits per heavy atom. The summed E-state index contributed by atoms with van der Waals surface area (Å²) in [5.74, 6) is 0.137. The molecule has 2 rings (SSSR count). The highest BCUT2D eigenvalue weighted by atomic mass is 32.2. The molecule has 0 saturated heterocycles. The summed E-state index contributed by atoms with van der Waals surface area (Å²) in [6.07, 6.45) is 2.88. The van der Waals surface area contributed by atoms with Crippen molar-refractivity contribution in [3.05, 3.63) is 30.0 Å². The monoisotopic (exact) mass is 309 g/mol. The van der Waals surface area contributed by atoms with E-state index in [1.807, 2.05) is 36.0 Å². The lowest BCUT2D eigenvalue weighted by Gasteiger charge is -2.16. The number of para-hydroxylation sites is 1. The van der Waals surface area contributed by atoms with Crippen molar-refractivity contribution in [2.24, 2.45) is 7.05 Å². The molecule has 0 aliphatic heterocycles. The predicted octanol–water partition coefficient (Wildman–Crippen LogP) is 1.53. The fraction of sp³-hybridized carbons (Fsp3) is 0.533. The van der Waals surface area contributed by atoms with Gasteiger partial charge in [-0.1, -0.05) is 25.1 Å². The average molecular weight is 309 g/mol. The van der Waals surface area contributed by atoms with E-state index < -0.39 is 9.84 Å². The van der Waals surface area contributed by atoms with Crippen molar-refractivity contribution in [2.45, 2.75) is 25.8 Å². The third kappa shape index (κ3) is 4.28. The lowest BCUT2D eigenvalue weighted by atomic mass is 10.1. The summed E-state index contributed by atoms with van der Waals surface area (Å²) in [7, 11) is -1.10. The first-order valence-electron chi connectivity index (χ1n) is 7.22. The molecule has 6 heteroatoms. The molecule has 116 valence electrons. The second-order valence-corrected chi connectivity index (χ2v) is 7.72. The van der Waals surface area contributed by atoms with Crippen LogP contribution in [0.15, 0.2) is 24.3 Å². The number of rotatable bonds is 7. The molecule has 1 N–H and O–H groups in total. The van der Waals surface area contributed by atoms with Crippen LogP contribution >= 0.6 is 0 Å². The molecule has 0 aliphatic carbocycles. The van der Waals surface area contributed by atoms with Crippen LogP contribution < -0.4 is 5.32 Å². The lowest BCUT2D eigenvalue weighted by Crippen LogP contribution is -2.37. The van der Waals surface area contributed by atoms with Crippen molar-refractivity contribution < 1.29 is 8.42 Å². The van der Waals surface area contributed by atoms with E-state index in [0.717, 1.165) is 29.6 Å². The van der Waals surface area contributed by atoms with Crippen LogP contribution in [0.25, 0.3) is 10.9 Å². The highest BCUT2D eigenvalue weighted by Gasteiger charge is 2.18. The Labute approximate surface area is 126 Å². The van der Waals surface area contributed by atoms with Gasteiger partial charge in [0.25, 0.3) is 0 Å². The topological polar surface area (TPSA) is 64.0 Å². The maximum atomic E-state index is 11.6. The zero-order valence-electron chi connectivity index (χ0n) is 12.8. The van der Waals surface area contributed by atoms with Crippen LogP contribution in [0.2, 0.25) is 0 Å². The molecule has 0 bridgehead atoms. The Morgan fingerprint density at radius 1 is 1.33 bits per heavy atom. The first-order valence-corrected chi connectivity index (χ1v) is 9.28. The minimum absolute atomic E-state index is 0.0988. The maximum absolute atomic E-state index is 11.6. The summed E-state index contributed by atoms with van der Waals surface area (Å²) in [6, 6.07) is 7.93. The number of nitrogens with one attached hydrogen (secondary N) is 1. The van der Waals surface area contributed by atoms with Gasteiger partial charge in [-0.15, -0.1) is 0 Å². The van der Waals surface area contributed by atoms with Gasteiger partial charge in [-0.05, 0) is 19.0 Å². The number of sulfone groups is 1. The smallest absolute Gasteiger partial charge is 0.148 e. The van der Waals surface area contributed by atoms with Crippen LogP contribution in [-0.2, 0) is 23.3 Å². The van der Waals surface area contributed by atoms with Crippen LogP contribution in [-0.4, -0.2) is 42.8 Å². The van der Waals surface area contributed by atoms with Crippen molar-refractivity contribution in [3.8, 4) is 0 Å². The Hall–Kier alpha value is -1.40. The molecular weight excluding hydrogens is 286 g/mol. The van der Waals surface area contributed by atoms with Gasteiger partial charge in [0.05, 0.1) is 17.0 Å². The van der Waals surface area contributed by atoms with Gasteiger partial charge in [-0.3, -0.25) is 4.68 Å². The second kappa shape index (κ2) is 6.58. The van der Waals surface area contributed by atoms with E-state index in [1.54, 1.807) is 0 Å². The van der Waals surface area contributed by atoms with Gasteiger partial charge in [0.1, 0.15) is 9.84 Å². The van der Waals surface area contributed by atoms with E-state index in [1.165, 1.54) is 6.26 Å². The molecule has 0 saturated carbocycles. The standard InChI is InChI=1S/C15H23N3O2S/c1-4-9-16-12(11-21(3,19)20)10-14-13-7-5-6-8-15(13)18(2)17-14/h5-8,12,16H,4,9-11H2,1-3H3. The van der Waals surface area contributed by atoms with Crippen molar-refractivity contribution in [1.82, 2.24) is 15.1 Å². The number of fused-ring (bicyclic) bond motifs is 1. The van der Waals surface area contributed by atoms with E-state index in [-0.39, 0.29) is 11.8 Å². The normalized spacial score (nSPS) is 13.7. The van der Waals surface area contributed by atoms with Crippen molar-refractivity contribution in [1.29, 1.82) is 0 Å². The number of aromatic nitrogens is 2. The Balaban J connectivity index is 2.25. The van der Waals surface area contributed by atoms with E-state index in [0.29, 0.717) is 6.42 Å². The molecule has 0 amide bonds. The largest absolute Gasteiger partial charge is 0.313 e. The van der Waals surface area contributed by atoms with E-state index in [9.17, 15) is 8.42 Å². The molecule has 0 aliphatic rings. The van der Waals surface area contributed by atoms with Crippen molar-refractivity contribution in [3.63, 3.8) is 0 Å². The SMILES string of the molecule is CCCNC(Cc1nn(C)c2ccccc12)CS(C)(=O)=O. The highest BCUT2D eigenvalue weighted by molar-refractivity contribution is 7.90. The molecule has 0 fully saturated rings. The van der Waals surface area contributed by atoms with E-state index in [4.69, 9.17) is 0 Å². The molecule has 2 aromatic rings. The summed E-state index contributed by atoms with van der Waals surface area (Å²) in [4.78, 5) is 0. The number of nitrogens with zero attached hydrogens (tertiary/aromatic N) is 2. The molecule has 1 heterocycles. The molecular formula is C15H23N3O2S. The predicted molar refractivity (Wildman–Crippen MR) is 86.2 cm³/mol. The summed E-state index contributed by atoms with van der Waals surface area (Å²) in [5.41, 5.74) is 2.02. The lowest BCUT2D eigenvalue weighted by molar-refractivity contribution is 0.525. The molecule has 1 aromatic heterocycles. The van der Waals surface area contributed by atoms with E-state index in [2.05, 4.69) is 17.3 Å². The third-order valence-corrected chi connectivity index (χ3v) is 4.47. The number of hydrogen-bond donors (Lipinski definition) is 1. The van der Waals surface area contributed by atoms with Gasteiger partial charge < -0.3 is 5.32 Å². The Morgan fingerprint density at radius 2 is 2.05 bits per heavy atom. The third-order valence-electron chi connectivity index (χ3n) is 3.46. The molecule has 0 radical (unpaired) electrons. The summed E-state index contributed by atoms with van der Waals surface area (Å²) >= 11 is 0. The van der Waals surface area contributed by atoms with Crippen LogP contribution in [0.4, 0.5) is 0 Å². The summed E-state index contributed by atoms with van der Waals surface area (Å²) in [5, 5.41) is 8.96. The van der Waals surface area contributed by atoms with Gasteiger partial charge in [-0.2, -0.15) is 5.10 Å². The highest BCUT2D eigenvalue weighted by Crippen LogP contribution is 2.19. The molecule has 1 aromatic carbocycles. The van der Waals surface area contributed by atoms with Gasteiger partial charge in [0, 0.05) is 31.2 Å². The summed E-state index contributed by atoms with van der Waals surface area (Å²) < 4.78 is 25.0. The summed E-state index contributed by atoms with van der Waals surface area (Å²) in [6.45, 7) is 2.88. The Kier molecular flexibility index (Phi) is 5.00. The number of hydrogen-bond acceptors (Lipinski definition) is 4. The van der Waals surface area contributed by atoms with Gasteiger partial charge in [0.15, 0.2) is 0 Å². The second-order valence-electron chi connectivity index (χ2n) is 5.54. The fourth-order valence-electron chi connectivity index (χ4n) is 2.58. The quantitative estimate of drug-likeness (QED) is 0.842. The molecule has 21 heavy (non-hydrogen) atoms. The Bertz CT molecular complexity index is 707. The van der Waals surface area contributed by atoms with Crippen molar-refractivity contribution in [2.75, 3.05) is 18.6 Å². The van der Waals surface area contributed by atoms with Crippen LogP contribution in [0.1, 0.15) is 19.0 Å². The zero-order chi connectivity index (χ0) is 15.5. The minimum atomic E-state index is -3.02. The van der Waals surface area contributed by atoms with Gasteiger partial charge in [0.2, 0.25) is 0 Å². The minimum Gasteiger partial charge on any atom is -0.313 e. The van der Waals surface area contributed by atoms with E-state index >= 15 is 0 Å². The molecule has 5 nitrogen and oxygen atoms in total. The first-order chi connectivity index (χ1) is 9.90. The molecule has 1 atom stereocenters. The van der Waals surface area contributed by atoms with Crippen molar-refractivity contribution >= 4 is 20.7 Å². The zero-order valence-corrected chi connectivity index (χ0v) is 13.7.